The van der Waals surface area contributed by atoms with Gasteiger partial charge in [0.15, 0.2) is 5.82 Å². The van der Waals surface area contributed by atoms with Crippen LogP contribution in [0.25, 0.3) is 11.1 Å². The molecule has 4 aliphatic heterocycles. The van der Waals surface area contributed by atoms with Gasteiger partial charge in [-0.3, -0.25) is 14.5 Å². The number of Topliss-reactive ketones (excluding diaryl/α,β-unsaturated/α-hetero) is 1. The summed E-state index contributed by atoms with van der Waals surface area (Å²) in [5.74, 6) is 0.868. The van der Waals surface area contributed by atoms with Crippen LogP contribution in [0.5, 0.6) is 11.6 Å². The zero-order valence-corrected chi connectivity index (χ0v) is 52.0. The first-order valence-corrected chi connectivity index (χ1v) is 30.1. The number of pyridine rings is 1. The van der Waals surface area contributed by atoms with E-state index in [0.717, 1.165) is 22.7 Å². The molecule has 0 radical (unpaired) electrons. The number of methoxy groups -OCH3 is 2. The molecule has 4 atom stereocenters. The standard InChI is InChI=1S/C34H39ClF6N8O2.C29H26F6N2O6/c1-3-26-15-27(20-48(26)30-29(35)18-44-32(45-30)47-6-4-23(5-7-47)21(2)50)49(31-42-16-28(17-43-31)46-8-10-51-11-9-46)19-22-12-24(33(36,37)38)14-25(13-22)34(39,40)41;1-15-26(17-11-18(28(30,31)32)13-19(12-17)29(33,34)35)43-27(40)37(15)14-22-20(6-8-24(36-22)42-3)21-10-16(5-9-25(38)39)4-7-23(21)41-2/h12-14,16-18,23,26-27H,3-11,15,19-20H2,1-2H3;4,6-8,10-13,15,26H,5,9,14H2,1-3H3,(H,38,39)/t26-,27+;15-,26-/m10/s1. The Balaban J connectivity index is 0.000000225. The normalized spacial score (nSPS) is 19.0. The maximum Gasteiger partial charge on any atom is 0.416 e. The SMILES string of the molecule is CC[C@@H]1C[C@H](N(Cc2cc(C(F)(F)F)cc(C(F)(F)F)c2)c2ncc(N3CCOCC3)cn2)CN1c1nc(N2CCC(C(C)=O)CC2)ncc1Cl.COc1ccc(-c2cc(CCC(=O)O)ccc2OC)c(CN2C(=O)O[C@H](c3cc(C(F)(F)F)cc(C(F)(F)F)c3)[C@@H]2C)n1. The number of carboxylic acids is 1. The fourth-order valence-corrected chi connectivity index (χ4v) is 12.1. The van der Waals surface area contributed by atoms with Gasteiger partial charge in [0.05, 0.1) is 98.3 Å². The molecule has 3 aromatic heterocycles. The number of amides is 1. The van der Waals surface area contributed by atoms with E-state index < -0.39 is 82.8 Å². The van der Waals surface area contributed by atoms with Crippen LogP contribution >= 0.6 is 11.6 Å². The molecule has 10 rings (SSSR count). The molecule has 7 heterocycles. The average Bonchev–Trinajstić information content (AvgIpc) is 1.54. The number of alkyl halides is 12. The van der Waals surface area contributed by atoms with Crippen molar-refractivity contribution in [3.05, 3.63) is 135 Å². The summed E-state index contributed by atoms with van der Waals surface area (Å²) in [4.78, 5) is 67.8. The van der Waals surface area contributed by atoms with Crippen LogP contribution in [-0.4, -0.2) is 131 Å². The number of hydrogen-bond donors (Lipinski definition) is 1. The fourth-order valence-electron chi connectivity index (χ4n) is 11.9. The second-order valence-electron chi connectivity index (χ2n) is 23.0. The zero-order chi connectivity index (χ0) is 68.2. The van der Waals surface area contributed by atoms with E-state index in [9.17, 15) is 67.1 Å². The minimum absolute atomic E-state index is 0.00277. The van der Waals surface area contributed by atoms with Gasteiger partial charge >= 0.3 is 36.8 Å². The molecule has 0 unspecified atom stereocenters. The first-order valence-electron chi connectivity index (χ1n) is 29.8. The number of carbonyl (C=O) groups is 3. The molecule has 4 aliphatic rings. The number of aryl methyl sites for hydroxylation is 1. The largest absolute Gasteiger partial charge is 0.496 e. The van der Waals surface area contributed by atoms with Gasteiger partial charge in [-0.2, -0.15) is 57.7 Å². The predicted octanol–water partition coefficient (Wildman–Crippen LogP) is 13.6. The van der Waals surface area contributed by atoms with E-state index in [2.05, 4.69) is 19.9 Å². The first-order chi connectivity index (χ1) is 44.3. The summed E-state index contributed by atoms with van der Waals surface area (Å²) in [6.45, 7) is 8.29. The molecule has 0 bridgehead atoms. The maximum absolute atomic E-state index is 13.8. The Hall–Kier alpha value is -8.41. The number of aliphatic carboxylic acids is 1. The van der Waals surface area contributed by atoms with Gasteiger partial charge in [0.1, 0.15) is 22.7 Å². The Morgan fingerprint density at radius 2 is 1.34 bits per heavy atom. The van der Waals surface area contributed by atoms with Gasteiger partial charge in [0.25, 0.3) is 0 Å². The number of rotatable bonds is 18. The number of benzene rings is 3. The van der Waals surface area contributed by atoms with Crippen LogP contribution in [0.4, 0.5) is 80.9 Å². The van der Waals surface area contributed by atoms with Crippen molar-refractivity contribution >= 4 is 52.8 Å². The maximum atomic E-state index is 13.8. The number of morpholine rings is 1. The van der Waals surface area contributed by atoms with E-state index in [-0.39, 0.29) is 78.9 Å². The molecule has 506 valence electrons. The van der Waals surface area contributed by atoms with Crippen molar-refractivity contribution in [3.63, 3.8) is 0 Å². The molecule has 3 aromatic carbocycles. The van der Waals surface area contributed by atoms with E-state index in [1.807, 2.05) is 21.6 Å². The number of carboxylic acid groups (broad SMARTS) is 1. The lowest BCUT2D eigenvalue weighted by Crippen LogP contribution is -2.40. The Morgan fingerprint density at radius 3 is 1.89 bits per heavy atom. The molecule has 0 spiro atoms. The number of ketones is 1. The third-order valence-corrected chi connectivity index (χ3v) is 17.2. The summed E-state index contributed by atoms with van der Waals surface area (Å²) in [5.41, 5.74) is -3.80. The summed E-state index contributed by atoms with van der Waals surface area (Å²) in [5, 5.41) is 9.38. The third kappa shape index (κ3) is 16.6. The van der Waals surface area contributed by atoms with Crippen molar-refractivity contribution in [1.82, 2.24) is 29.8 Å². The Kier molecular flexibility index (Phi) is 21.3. The minimum Gasteiger partial charge on any atom is -0.496 e. The molecule has 1 amide bonds. The lowest BCUT2D eigenvalue weighted by atomic mass is 9.93. The lowest BCUT2D eigenvalue weighted by Gasteiger charge is -2.32. The number of cyclic esters (lactones) is 1. The van der Waals surface area contributed by atoms with E-state index in [4.69, 9.17) is 40.6 Å². The van der Waals surface area contributed by atoms with E-state index >= 15 is 0 Å². The van der Waals surface area contributed by atoms with Crippen LogP contribution in [0.3, 0.4) is 0 Å². The monoisotopic (exact) mass is 1350 g/mol. The van der Waals surface area contributed by atoms with E-state index in [0.29, 0.717) is 123 Å². The summed E-state index contributed by atoms with van der Waals surface area (Å²) in [6, 6.07) is 9.41. The van der Waals surface area contributed by atoms with Crippen molar-refractivity contribution in [2.75, 3.05) is 79.8 Å². The number of nitrogens with zero attached hydrogens (tertiary/aromatic N) is 10. The van der Waals surface area contributed by atoms with Crippen LogP contribution in [0.15, 0.2) is 85.3 Å². The summed E-state index contributed by atoms with van der Waals surface area (Å²) < 4.78 is 185. The second kappa shape index (κ2) is 28.7. The van der Waals surface area contributed by atoms with Crippen molar-refractivity contribution in [1.29, 1.82) is 0 Å². The quantitative estimate of drug-likeness (QED) is 0.0799. The highest BCUT2D eigenvalue weighted by Crippen LogP contribution is 2.44. The van der Waals surface area contributed by atoms with Gasteiger partial charge in [-0.1, -0.05) is 24.6 Å². The fraction of sp³-hybridized carbons (Fsp3) is 0.460. The van der Waals surface area contributed by atoms with Crippen molar-refractivity contribution in [2.24, 2.45) is 5.92 Å². The predicted molar refractivity (Wildman–Crippen MR) is 320 cm³/mol. The number of hydrogen-bond acceptors (Lipinski definition) is 16. The van der Waals surface area contributed by atoms with Gasteiger partial charge in [-0.15, -0.1) is 0 Å². The zero-order valence-electron chi connectivity index (χ0n) is 51.3. The molecule has 6 aromatic rings. The summed E-state index contributed by atoms with van der Waals surface area (Å²) in [6.07, 6.45) is -15.2. The molecule has 18 nitrogen and oxygen atoms in total. The average molecular weight is 1350 g/mol. The van der Waals surface area contributed by atoms with Crippen molar-refractivity contribution < 1.29 is 91.1 Å². The third-order valence-electron chi connectivity index (χ3n) is 16.9. The number of ether oxygens (including phenoxy) is 4. The molecule has 1 N–H and O–H groups in total. The number of piperidine rings is 1. The number of carbonyl (C=O) groups excluding carboxylic acids is 2. The van der Waals surface area contributed by atoms with E-state index in [1.54, 1.807) is 54.5 Å². The van der Waals surface area contributed by atoms with Crippen LogP contribution in [0.2, 0.25) is 5.02 Å². The summed E-state index contributed by atoms with van der Waals surface area (Å²) >= 11 is 6.69. The molecule has 31 heteroatoms. The molecule has 0 saturated carbocycles. The Bertz CT molecular complexity index is 3620. The summed E-state index contributed by atoms with van der Waals surface area (Å²) in [7, 11) is 2.80. The van der Waals surface area contributed by atoms with Crippen molar-refractivity contribution in [3.8, 4) is 22.8 Å². The second-order valence-corrected chi connectivity index (χ2v) is 23.4. The number of anilines is 4. The molecule has 4 saturated heterocycles. The van der Waals surface area contributed by atoms with Crippen molar-refractivity contribution in [2.45, 2.75) is 121 Å². The van der Waals surface area contributed by atoms with Crippen LogP contribution in [0.1, 0.15) is 104 Å². The first kappa shape index (κ1) is 69.9. The highest BCUT2D eigenvalue weighted by atomic mass is 35.5. The molecular weight excluding hydrogens is 1290 g/mol. The van der Waals surface area contributed by atoms with Crippen LogP contribution < -0.4 is 29.1 Å². The van der Waals surface area contributed by atoms with Gasteiger partial charge in [-0.05, 0) is 117 Å². The molecule has 4 fully saturated rings. The Morgan fingerprint density at radius 1 is 0.734 bits per heavy atom. The Labute approximate surface area is 536 Å². The van der Waals surface area contributed by atoms with Gasteiger partial charge in [0.2, 0.25) is 17.8 Å². The van der Waals surface area contributed by atoms with Gasteiger partial charge in [0, 0.05) is 74.8 Å². The minimum atomic E-state index is -5.07. The van der Waals surface area contributed by atoms with Gasteiger partial charge in [-0.25, -0.2) is 24.7 Å². The van der Waals surface area contributed by atoms with Crippen LogP contribution in [-0.2, 0) is 63.3 Å². The van der Waals surface area contributed by atoms with Gasteiger partial charge < -0.3 is 43.7 Å². The lowest BCUT2D eigenvalue weighted by molar-refractivity contribution is -0.144. The van der Waals surface area contributed by atoms with E-state index in [1.165, 1.54) is 27.3 Å². The highest BCUT2D eigenvalue weighted by molar-refractivity contribution is 6.32. The topological polar surface area (TPSA) is 189 Å². The number of halogens is 13. The smallest absolute Gasteiger partial charge is 0.416 e. The molecule has 94 heavy (non-hydrogen) atoms. The number of aromatic nitrogens is 5. The molecule has 0 aliphatic carbocycles. The molecular formula is C63H65ClF12N10O8. The van der Waals surface area contributed by atoms with Crippen LogP contribution in [0, 0.1) is 5.92 Å². The highest BCUT2D eigenvalue weighted by Gasteiger charge is 2.45.